The Balaban J connectivity index is 2.55. The summed E-state index contributed by atoms with van der Waals surface area (Å²) in [5.41, 5.74) is 0. The van der Waals surface area contributed by atoms with Crippen molar-refractivity contribution in [2.45, 2.75) is 19.3 Å². The molecule has 1 rings (SSSR count). The first kappa shape index (κ1) is 12.3. The molecule has 0 aromatic heterocycles. The van der Waals surface area contributed by atoms with E-state index >= 15 is 0 Å². The Hall–Kier alpha value is -0.730. The van der Waals surface area contributed by atoms with Gasteiger partial charge in [-0.3, -0.25) is 0 Å². The van der Waals surface area contributed by atoms with E-state index in [1.54, 1.807) is 0 Å². The van der Waals surface area contributed by atoms with Crippen LogP contribution in [0.4, 0.5) is 0 Å². The molecule has 0 aromatic rings. The second-order valence-electron chi connectivity index (χ2n) is 3.67. The molecule has 4 nitrogen and oxygen atoms in total. The summed E-state index contributed by atoms with van der Waals surface area (Å²) in [5, 5.41) is 18.3. The van der Waals surface area contributed by atoms with Gasteiger partial charge >= 0.3 is 0 Å². The fraction of sp³-hybridized carbons (Fsp3) is 0.800. The van der Waals surface area contributed by atoms with Crippen LogP contribution in [0, 0.1) is 17.4 Å². The number of amidine groups is 1. The van der Waals surface area contributed by atoms with Crippen molar-refractivity contribution in [2.24, 2.45) is 10.9 Å². The average Bonchev–Trinajstić information content (AvgIpc) is 2.27. The molecule has 15 heavy (non-hydrogen) atoms. The molecule has 0 saturated carbocycles. The van der Waals surface area contributed by atoms with Gasteiger partial charge in [-0.05, 0) is 31.4 Å². The van der Waals surface area contributed by atoms with Crippen molar-refractivity contribution in [3.63, 3.8) is 0 Å². The van der Waals surface area contributed by atoms with Crippen LogP contribution in [0.25, 0.3) is 0 Å². The third kappa shape index (κ3) is 3.73. The van der Waals surface area contributed by atoms with Crippen molar-refractivity contribution in [1.29, 1.82) is 5.26 Å². The quantitative estimate of drug-likeness (QED) is 0.438. The predicted octanol–water partition coefficient (Wildman–Crippen LogP) is 1.28. The summed E-state index contributed by atoms with van der Waals surface area (Å²) in [6.07, 6.45) is 6.92. The number of likely N-dealkylation sites (tertiary alicyclic amines) is 1. The number of thioether (sulfide) groups is 1. The minimum Gasteiger partial charge on any atom is -0.396 e. The van der Waals surface area contributed by atoms with Crippen molar-refractivity contribution >= 4 is 16.9 Å². The smallest absolute Gasteiger partial charge is 0.208 e. The van der Waals surface area contributed by atoms with Crippen LogP contribution in [0.2, 0.25) is 0 Å². The van der Waals surface area contributed by atoms with Gasteiger partial charge in [-0.25, -0.2) is 0 Å². The van der Waals surface area contributed by atoms with Crippen LogP contribution in [-0.2, 0) is 0 Å². The number of nitrogens with zero attached hydrogens (tertiary/aromatic N) is 3. The van der Waals surface area contributed by atoms with Gasteiger partial charge in [0.05, 0.1) is 0 Å². The Bertz CT molecular complexity index is 260. The summed E-state index contributed by atoms with van der Waals surface area (Å²) in [6.45, 7) is 2.15. The lowest BCUT2D eigenvalue weighted by Crippen LogP contribution is -2.38. The van der Waals surface area contributed by atoms with E-state index in [1.807, 2.05) is 12.4 Å². The first-order chi connectivity index (χ1) is 7.31. The SMILES string of the molecule is CSC(=NC#N)N1CCCC(CCO)C1. The molecular weight excluding hydrogens is 210 g/mol. The number of aliphatic hydroxyl groups is 1. The summed E-state index contributed by atoms with van der Waals surface area (Å²) >= 11 is 1.51. The van der Waals surface area contributed by atoms with E-state index in [9.17, 15) is 0 Å². The van der Waals surface area contributed by atoms with Crippen LogP contribution in [0.15, 0.2) is 4.99 Å². The molecule has 1 heterocycles. The second kappa shape index (κ2) is 6.70. The van der Waals surface area contributed by atoms with Crippen LogP contribution < -0.4 is 0 Å². The Morgan fingerprint density at radius 2 is 2.53 bits per heavy atom. The highest BCUT2D eigenvalue weighted by Gasteiger charge is 2.21. The van der Waals surface area contributed by atoms with E-state index in [0.29, 0.717) is 5.92 Å². The molecule has 84 valence electrons. The molecule has 1 saturated heterocycles. The number of hydrogen-bond acceptors (Lipinski definition) is 4. The van der Waals surface area contributed by atoms with Crippen LogP contribution in [0.5, 0.6) is 0 Å². The lowest BCUT2D eigenvalue weighted by atomic mass is 9.96. The number of aliphatic hydroxyl groups excluding tert-OH is 1. The summed E-state index contributed by atoms with van der Waals surface area (Å²) in [6, 6.07) is 0. The highest BCUT2D eigenvalue weighted by atomic mass is 32.2. The number of aliphatic imine (C=N–C) groups is 1. The molecule has 1 aliphatic rings. The van der Waals surface area contributed by atoms with Crippen molar-refractivity contribution < 1.29 is 5.11 Å². The van der Waals surface area contributed by atoms with Gasteiger partial charge in [0.25, 0.3) is 0 Å². The molecule has 1 aliphatic heterocycles. The lowest BCUT2D eigenvalue weighted by molar-refractivity contribution is 0.200. The fourth-order valence-electron chi connectivity index (χ4n) is 1.95. The van der Waals surface area contributed by atoms with Crippen molar-refractivity contribution in [2.75, 3.05) is 26.0 Å². The van der Waals surface area contributed by atoms with Crippen molar-refractivity contribution in [3.8, 4) is 6.19 Å². The largest absolute Gasteiger partial charge is 0.396 e. The molecule has 1 atom stereocenters. The Labute approximate surface area is 95.0 Å². The van der Waals surface area contributed by atoms with Crippen LogP contribution >= 0.6 is 11.8 Å². The Morgan fingerprint density at radius 3 is 3.13 bits per heavy atom. The number of rotatable bonds is 2. The lowest BCUT2D eigenvalue weighted by Gasteiger charge is -2.33. The summed E-state index contributed by atoms with van der Waals surface area (Å²) in [5.74, 6) is 0.541. The summed E-state index contributed by atoms with van der Waals surface area (Å²) < 4.78 is 0. The van der Waals surface area contributed by atoms with Gasteiger partial charge in [-0.2, -0.15) is 5.26 Å². The van der Waals surface area contributed by atoms with E-state index in [2.05, 4.69) is 9.89 Å². The highest BCUT2D eigenvalue weighted by molar-refractivity contribution is 8.13. The fourth-order valence-corrected chi connectivity index (χ4v) is 2.50. The zero-order valence-corrected chi connectivity index (χ0v) is 9.83. The van der Waals surface area contributed by atoms with E-state index in [-0.39, 0.29) is 6.61 Å². The van der Waals surface area contributed by atoms with Crippen LogP contribution in [0.3, 0.4) is 0 Å². The first-order valence-corrected chi connectivity index (χ1v) is 6.40. The molecule has 0 spiro atoms. The van der Waals surface area contributed by atoms with Gasteiger partial charge in [-0.15, -0.1) is 4.99 Å². The molecule has 1 fully saturated rings. The summed E-state index contributed by atoms with van der Waals surface area (Å²) in [4.78, 5) is 5.96. The standard InChI is InChI=1S/C10H17N3OS/c1-15-10(12-8-11)13-5-2-3-9(7-13)4-6-14/h9,14H,2-7H2,1H3. The van der Waals surface area contributed by atoms with Crippen LogP contribution in [0.1, 0.15) is 19.3 Å². The van der Waals surface area contributed by atoms with Gasteiger partial charge in [0, 0.05) is 19.7 Å². The molecule has 0 aromatic carbocycles. The van der Waals surface area contributed by atoms with Crippen LogP contribution in [-0.4, -0.2) is 41.1 Å². The maximum absolute atomic E-state index is 8.90. The number of hydrogen-bond donors (Lipinski definition) is 1. The molecule has 0 aliphatic carbocycles. The van der Waals surface area contributed by atoms with Gasteiger partial charge in [-0.1, -0.05) is 11.8 Å². The van der Waals surface area contributed by atoms with Crippen molar-refractivity contribution in [1.82, 2.24) is 4.90 Å². The molecule has 5 heteroatoms. The third-order valence-electron chi connectivity index (χ3n) is 2.66. The van der Waals surface area contributed by atoms with Crippen molar-refractivity contribution in [3.05, 3.63) is 0 Å². The van der Waals surface area contributed by atoms with E-state index in [0.717, 1.165) is 31.1 Å². The maximum atomic E-state index is 8.90. The molecule has 0 bridgehead atoms. The van der Waals surface area contributed by atoms with Gasteiger partial charge in [0.1, 0.15) is 0 Å². The monoisotopic (exact) mass is 227 g/mol. The van der Waals surface area contributed by atoms with E-state index < -0.39 is 0 Å². The first-order valence-electron chi connectivity index (χ1n) is 5.18. The predicted molar refractivity (Wildman–Crippen MR) is 62.6 cm³/mol. The molecule has 1 N–H and O–H groups in total. The molecule has 1 unspecified atom stereocenters. The highest BCUT2D eigenvalue weighted by Crippen LogP contribution is 2.21. The minimum absolute atomic E-state index is 0.252. The zero-order valence-electron chi connectivity index (χ0n) is 9.02. The Kier molecular flexibility index (Phi) is 5.51. The molecule has 0 amide bonds. The molecular formula is C10H17N3OS. The van der Waals surface area contributed by atoms with Gasteiger partial charge in [0.2, 0.25) is 6.19 Å². The molecule has 0 radical (unpaired) electrons. The zero-order chi connectivity index (χ0) is 11.1. The topological polar surface area (TPSA) is 59.6 Å². The maximum Gasteiger partial charge on any atom is 0.208 e. The van der Waals surface area contributed by atoms with E-state index in [1.165, 1.54) is 18.2 Å². The summed E-state index contributed by atoms with van der Waals surface area (Å²) in [7, 11) is 0. The van der Waals surface area contributed by atoms with Gasteiger partial charge in [0.15, 0.2) is 5.17 Å². The van der Waals surface area contributed by atoms with Gasteiger partial charge < -0.3 is 10.0 Å². The average molecular weight is 227 g/mol. The number of nitriles is 1. The number of piperidine rings is 1. The normalized spacial score (nSPS) is 22.6. The third-order valence-corrected chi connectivity index (χ3v) is 3.37. The minimum atomic E-state index is 0.252. The van der Waals surface area contributed by atoms with E-state index in [4.69, 9.17) is 10.4 Å². The second-order valence-corrected chi connectivity index (χ2v) is 4.44. The Morgan fingerprint density at radius 1 is 1.73 bits per heavy atom.